The Kier molecular flexibility index (Phi) is 4.03. The molecule has 0 radical (unpaired) electrons. The molecule has 0 fully saturated rings. The molecule has 1 rings (SSSR count). The monoisotopic (exact) mass is 234 g/mol. The van der Waals surface area contributed by atoms with Crippen LogP contribution in [0.4, 0.5) is 0 Å². The van der Waals surface area contributed by atoms with Crippen molar-refractivity contribution in [3.8, 4) is 0 Å². The number of thiazole rings is 1. The molecule has 1 N–H and O–H groups in total. The van der Waals surface area contributed by atoms with Gasteiger partial charge in [0.2, 0.25) is 0 Å². The van der Waals surface area contributed by atoms with Crippen LogP contribution in [-0.4, -0.2) is 32.0 Å². The molecule has 14 heavy (non-hydrogen) atoms. The second-order valence-corrected chi connectivity index (χ2v) is 6.39. The quantitative estimate of drug-likeness (QED) is 0.757. The third kappa shape index (κ3) is 4.69. The Morgan fingerprint density at radius 2 is 2.29 bits per heavy atom. The molecule has 0 aromatic carbocycles. The summed E-state index contributed by atoms with van der Waals surface area (Å²) in [6.45, 7) is 3.07. The SMILES string of the molecule is Cc1csc(CNCCS(C)(=O)=O)n1. The molecule has 0 aliphatic carbocycles. The van der Waals surface area contributed by atoms with Gasteiger partial charge in [-0.25, -0.2) is 13.4 Å². The maximum absolute atomic E-state index is 10.8. The summed E-state index contributed by atoms with van der Waals surface area (Å²) in [4.78, 5) is 4.25. The number of rotatable bonds is 5. The molecule has 0 aliphatic rings. The molecule has 1 aromatic heterocycles. The summed E-state index contributed by atoms with van der Waals surface area (Å²) in [6, 6.07) is 0. The van der Waals surface area contributed by atoms with E-state index in [0.717, 1.165) is 10.7 Å². The van der Waals surface area contributed by atoms with Crippen LogP contribution in [0.1, 0.15) is 10.7 Å². The Morgan fingerprint density at radius 1 is 1.57 bits per heavy atom. The minimum absolute atomic E-state index is 0.178. The molecule has 4 nitrogen and oxygen atoms in total. The third-order valence-electron chi connectivity index (χ3n) is 1.59. The van der Waals surface area contributed by atoms with E-state index in [1.54, 1.807) is 11.3 Å². The minimum atomic E-state index is -2.85. The van der Waals surface area contributed by atoms with Gasteiger partial charge in [0.25, 0.3) is 0 Å². The molecule has 0 aliphatic heterocycles. The van der Waals surface area contributed by atoms with Crippen molar-refractivity contribution in [1.29, 1.82) is 0 Å². The third-order valence-corrected chi connectivity index (χ3v) is 3.50. The Morgan fingerprint density at radius 3 is 2.79 bits per heavy atom. The Labute approximate surface area is 88.3 Å². The molecule has 6 heteroatoms. The van der Waals surface area contributed by atoms with Crippen LogP contribution in [0.15, 0.2) is 5.38 Å². The van der Waals surface area contributed by atoms with E-state index in [1.807, 2.05) is 12.3 Å². The van der Waals surface area contributed by atoms with Crippen LogP contribution in [-0.2, 0) is 16.4 Å². The van der Waals surface area contributed by atoms with Crippen molar-refractivity contribution in [2.45, 2.75) is 13.5 Å². The summed E-state index contributed by atoms with van der Waals surface area (Å²) in [5.74, 6) is 0.178. The van der Waals surface area contributed by atoms with Gasteiger partial charge in [0.05, 0.1) is 5.75 Å². The van der Waals surface area contributed by atoms with Crippen LogP contribution < -0.4 is 5.32 Å². The van der Waals surface area contributed by atoms with Gasteiger partial charge in [-0.05, 0) is 6.92 Å². The number of nitrogens with one attached hydrogen (secondary N) is 1. The number of hydrogen-bond acceptors (Lipinski definition) is 5. The fraction of sp³-hybridized carbons (Fsp3) is 0.625. The van der Waals surface area contributed by atoms with E-state index in [0.29, 0.717) is 13.1 Å². The van der Waals surface area contributed by atoms with Crippen LogP contribution >= 0.6 is 11.3 Å². The van der Waals surface area contributed by atoms with Gasteiger partial charge in [-0.15, -0.1) is 11.3 Å². The maximum Gasteiger partial charge on any atom is 0.148 e. The van der Waals surface area contributed by atoms with E-state index in [1.165, 1.54) is 6.26 Å². The molecular weight excluding hydrogens is 220 g/mol. The predicted molar refractivity (Wildman–Crippen MR) is 58.3 cm³/mol. The average Bonchev–Trinajstić information content (AvgIpc) is 2.44. The summed E-state index contributed by atoms with van der Waals surface area (Å²) in [7, 11) is -2.85. The second kappa shape index (κ2) is 4.86. The summed E-state index contributed by atoms with van der Waals surface area (Å²) in [5.41, 5.74) is 1.01. The molecule has 0 unspecified atom stereocenters. The van der Waals surface area contributed by atoms with E-state index in [9.17, 15) is 8.42 Å². The fourth-order valence-corrected chi connectivity index (χ4v) is 2.19. The minimum Gasteiger partial charge on any atom is -0.309 e. The molecule has 0 amide bonds. The molecule has 0 saturated heterocycles. The summed E-state index contributed by atoms with van der Waals surface area (Å²) < 4.78 is 21.6. The van der Waals surface area contributed by atoms with Crippen LogP contribution in [0.5, 0.6) is 0 Å². The number of aromatic nitrogens is 1. The average molecular weight is 234 g/mol. The lowest BCUT2D eigenvalue weighted by molar-refractivity contribution is 0.596. The number of nitrogens with zero attached hydrogens (tertiary/aromatic N) is 1. The van der Waals surface area contributed by atoms with E-state index in [4.69, 9.17) is 0 Å². The molecule has 1 aromatic rings. The largest absolute Gasteiger partial charge is 0.309 e. The van der Waals surface area contributed by atoms with Gasteiger partial charge in [0.1, 0.15) is 14.8 Å². The highest BCUT2D eigenvalue weighted by Gasteiger charge is 2.02. The lowest BCUT2D eigenvalue weighted by atomic mass is 10.5. The second-order valence-electron chi connectivity index (χ2n) is 3.19. The Hall–Kier alpha value is -0.460. The molecule has 0 spiro atoms. The van der Waals surface area contributed by atoms with Crippen LogP contribution in [0.2, 0.25) is 0 Å². The first-order valence-corrected chi connectivity index (χ1v) is 7.21. The molecule has 0 atom stereocenters. The van der Waals surface area contributed by atoms with Gasteiger partial charge in [0, 0.05) is 30.4 Å². The number of aryl methyl sites for hydroxylation is 1. The van der Waals surface area contributed by atoms with Gasteiger partial charge in [-0.1, -0.05) is 0 Å². The fourth-order valence-electron chi connectivity index (χ4n) is 0.937. The number of hydrogen-bond donors (Lipinski definition) is 1. The van der Waals surface area contributed by atoms with Crippen molar-refractivity contribution >= 4 is 21.2 Å². The summed E-state index contributed by atoms with van der Waals surface area (Å²) in [6.07, 6.45) is 1.24. The van der Waals surface area contributed by atoms with Gasteiger partial charge < -0.3 is 5.32 Å². The summed E-state index contributed by atoms with van der Waals surface area (Å²) >= 11 is 1.58. The van der Waals surface area contributed by atoms with E-state index < -0.39 is 9.84 Å². The molecule has 80 valence electrons. The van der Waals surface area contributed by atoms with Crippen LogP contribution in [0, 0.1) is 6.92 Å². The lowest BCUT2D eigenvalue weighted by Crippen LogP contribution is -2.21. The van der Waals surface area contributed by atoms with Gasteiger partial charge in [0.15, 0.2) is 0 Å². The van der Waals surface area contributed by atoms with Crippen molar-refractivity contribution in [2.24, 2.45) is 0 Å². The van der Waals surface area contributed by atoms with E-state index in [-0.39, 0.29) is 5.75 Å². The smallest absolute Gasteiger partial charge is 0.148 e. The topological polar surface area (TPSA) is 59.1 Å². The maximum atomic E-state index is 10.8. The Balaban J connectivity index is 2.23. The normalized spacial score (nSPS) is 11.9. The van der Waals surface area contributed by atoms with Crippen molar-refractivity contribution in [3.05, 3.63) is 16.1 Å². The Bertz CT molecular complexity index is 384. The van der Waals surface area contributed by atoms with E-state index in [2.05, 4.69) is 10.3 Å². The molecule has 0 bridgehead atoms. The molecule has 1 heterocycles. The van der Waals surface area contributed by atoms with Gasteiger partial charge >= 0.3 is 0 Å². The first-order valence-electron chi connectivity index (χ1n) is 4.27. The van der Waals surface area contributed by atoms with Crippen molar-refractivity contribution in [3.63, 3.8) is 0 Å². The van der Waals surface area contributed by atoms with Crippen molar-refractivity contribution in [2.75, 3.05) is 18.6 Å². The molecule has 0 saturated carbocycles. The van der Waals surface area contributed by atoms with Gasteiger partial charge in [-0.2, -0.15) is 0 Å². The molecular formula is C8H14N2O2S2. The predicted octanol–water partition coefficient (Wildman–Crippen LogP) is 0.586. The van der Waals surface area contributed by atoms with Crippen molar-refractivity contribution in [1.82, 2.24) is 10.3 Å². The highest BCUT2D eigenvalue weighted by molar-refractivity contribution is 7.90. The zero-order chi connectivity index (χ0) is 10.6. The number of sulfone groups is 1. The van der Waals surface area contributed by atoms with Crippen LogP contribution in [0.3, 0.4) is 0 Å². The standard InChI is InChI=1S/C8H14N2O2S2/c1-7-6-13-8(10-7)5-9-3-4-14(2,11)12/h6,9H,3-5H2,1-2H3. The van der Waals surface area contributed by atoms with Gasteiger partial charge in [-0.3, -0.25) is 0 Å². The van der Waals surface area contributed by atoms with Crippen molar-refractivity contribution < 1.29 is 8.42 Å². The van der Waals surface area contributed by atoms with Crippen LogP contribution in [0.25, 0.3) is 0 Å². The lowest BCUT2D eigenvalue weighted by Gasteiger charge is -2.00. The summed E-state index contributed by atoms with van der Waals surface area (Å²) in [5, 5.41) is 6.02. The first kappa shape index (κ1) is 11.6. The van der Waals surface area contributed by atoms with E-state index >= 15 is 0 Å². The highest BCUT2D eigenvalue weighted by atomic mass is 32.2. The zero-order valence-electron chi connectivity index (χ0n) is 8.28. The highest BCUT2D eigenvalue weighted by Crippen LogP contribution is 2.07. The first-order chi connectivity index (χ1) is 6.47. The zero-order valence-corrected chi connectivity index (χ0v) is 9.91.